The highest BCUT2D eigenvalue weighted by Gasteiger charge is 2.68. The Morgan fingerprint density at radius 1 is 1.09 bits per heavy atom. The van der Waals surface area contributed by atoms with Crippen molar-refractivity contribution in [2.45, 2.75) is 38.2 Å². The van der Waals surface area contributed by atoms with E-state index in [2.05, 4.69) is 0 Å². The van der Waals surface area contributed by atoms with Crippen molar-refractivity contribution >= 4 is 17.8 Å². The average molecular weight is 467 g/mol. The van der Waals surface area contributed by atoms with Crippen LogP contribution in [0.25, 0.3) is 0 Å². The van der Waals surface area contributed by atoms with Gasteiger partial charge < -0.3 is 10.1 Å². The first kappa shape index (κ1) is 24.0. The quantitative estimate of drug-likeness (QED) is 0.483. The zero-order chi connectivity index (χ0) is 24.4. The molecule has 3 rings (SSSR count). The third kappa shape index (κ3) is 5.07. The molecular weight excluding hydrogens is 446 g/mol. The van der Waals surface area contributed by atoms with Crippen molar-refractivity contribution in [1.82, 2.24) is 15.5 Å². The van der Waals surface area contributed by atoms with Gasteiger partial charge in [-0.2, -0.15) is 13.2 Å². The first-order valence-electron chi connectivity index (χ1n) is 9.97. The summed E-state index contributed by atoms with van der Waals surface area (Å²) in [5.74, 6) is -2.96. The van der Waals surface area contributed by atoms with Crippen LogP contribution in [0.5, 0.6) is 5.75 Å². The molecule has 2 aromatic carbocycles. The van der Waals surface area contributed by atoms with Crippen LogP contribution in [0, 0.1) is 5.82 Å². The number of nitrogens with zero attached hydrogens (tertiary/aromatic N) is 1. The number of ether oxygens (including phenoxy) is 1. The molecule has 1 heterocycles. The van der Waals surface area contributed by atoms with Gasteiger partial charge in [-0.25, -0.2) is 9.18 Å². The summed E-state index contributed by atoms with van der Waals surface area (Å²) in [6.45, 7) is 3.17. The molecule has 2 N–H and O–H groups in total. The predicted octanol–water partition coefficient (Wildman–Crippen LogP) is 3.40. The number of alkyl halides is 3. The zero-order valence-electron chi connectivity index (χ0n) is 17.7. The van der Waals surface area contributed by atoms with Crippen molar-refractivity contribution in [3.8, 4) is 5.75 Å². The van der Waals surface area contributed by atoms with Crippen LogP contribution in [0.1, 0.15) is 29.8 Å². The molecule has 0 unspecified atom stereocenters. The van der Waals surface area contributed by atoms with Crippen molar-refractivity contribution in [1.29, 1.82) is 0 Å². The number of carbonyl (C=O) groups excluding carboxylic acids is 3. The van der Waals surface area contributed by atoms with Gasteiger partial charge in [-0.3, -0.25) is 19.8 Å². The minimum atomic E-state index is -5.32. The standard InChI is InChI=1S/C22H21F4N3O4/c1-13(2)33-17-9-5-15(6-10-17)18(30)27-21(22(24,25)26)19(31)29(20(32)28-21)12-11-14-3-7-16(23)8-4-14/h3-10,13H,11-12H2,1-2H3,(H,27,30)(H,28,32)/t21-/m0/s1. The Bertz CT molecular complexity index is 1040. The van der Waals surface area contributed by atoms with Crippen LogP contribution in [0.3, 0.4) is 0 Å². The summed E-state index contributed by atoms with van der Waals surface area (Å²) in [7, 11) is 0. The lowest BCUT2D eigenvalue weighted by atomic mass is 10.1. The summed E-state index contributed by atoms with van der Waals surface area (Å²) in [6.07, 6.45) is -5.47. The Morgan fingerprint density at radius 2 is 1.70 bits per heavy atom. The lowest BCUT2D eigenvalue weighted by Crippen LogP contribution is -2.69. The molecular formula is C22H21F4N3O4. The molecule has 1 fully saturated rings. The van der Waals surface area contributed by atoms with Crippen molar-refractivity contribution in [3.05, 3.63) is 65.5 Å². The highest BCUT2D eigenvalue weighted by atomic mass is 19.4. The molecule has 4 amide bonds. The van der Waals surface area contributed by atoms with Crippen LogP contribution in [-0.2, 0) is 11.2 Å². The van der Waals surface area contributed by atoms with E-state index in [9.17, 15) is 31.9 Å². The maximum atomic E-state index is 14.0. The molecule has 1 saturated heterocycles. The summed E-state index contributed by atoms with van der Waals surface area (Å²) in [6, 6.07) is 9.06. The number of hydrogen-bond donors (Lipinski definition) is 2. The molecule has 0 saturated carbocycles. The largest absolute Gasteiger partial charge is 0.491 e. The van der Waals surface area contributed by atoms with Gasteiger partial charge in [-0.1, -0.05) is 12.1 Å². The van der Waals surface area contributed by atoms with Crippen LogP contribution >= 0.6 is 0 Å². The normalized spacial score (nSPS) is 18.5. The van der Waals surface area contributed by atoms with E-state index in [0.29, 0.717) is 16.2 Å². The van der Waals surface area contributed by atoms with Crippen molar-refractivity contribution in [3.63, 3.8) is 0 Å². The molecule has 1 atom stereocenters. The van der Waals surface area contributed by atoms with Crippen molar-refractivity contribution < 1.29 is 36.7 Å². The molecule has 0 bridgehead atoms. The van der Waals surface area contributed by atoms with Gasteiger partial charge in [0.25, 0.3) is 17.5 Å². The van der Waals surface area contributed by atoms with E-state index in [1.165, 1.54) is 36.4 Å². The average Bonchev–Trinajstić information content (AvgIpc) is 2.98. The Balaban J connectivity index is 1.79. The first-order valence-corrected chi connectivity index (χ1v) is 9.97. The molecule has 1 aliphatic rings. The summed E-state index contributed by atoms with van der Waals surface area (Å²) in [4.78, 5) is 37.9. The number of nitrogens with one attached hydrogen (secondary N) is 2. The lowest BCUT2D eigenvalue weighted by molar-refractivity contribution is -0.200. The zero-order valence-corrected chi connectivity index (χ0v) is 17.7. The number of benzene rings is 2. The first-order chi connectivity index (χ1) is 15.4. The minimum absolute atomic E-state index is 0.00135. The monoisotopic (exact) mass is 467 g/mol. The fraction of sp³-hybridized carbons (Fsp3) is 0.318. The highest BCUT2D eigenvalue weighted by molar-refractivity contribution is 6.10. The molecule has 33 heavy (non-hydrogen) atoms. The number of amides is 4. The fourth-order valence-electron chi connectivity index (χ4n) is 3.22. The van der Waals surface area contributed by atoms with Gasteiger partial charge in [0.15, 0.2) is 0 Å². The molecule has 0 spiro atoms. The number of urea groups is 1. The molecule has 7 nitrogen and oxygen atoms in total. The van der Waals surface area contributed by atoms with Gasteiger partial charge in [0, 0.05) is 12.1 Å². The van der Waals surface area contributed by atoms with Gasteiger partial charge in [0.05, 0.1) is 6.10 Å². The summed E-state index contributed by atoms with van der Waals surface area (Å²) < 4.78 is 60.3. The Labute approximate surface area is 186 Å². The summed E-state index contributed by atoms with van der Waals surface area (Å²) in [5.41, 5.74) is -3.27. The third-order valence-corrected chi connectivity index (χ3v) is 4.86. The van der Waals surface area contributed by atoms with Crippen molar-refractivity contribution in [2.24, 2.45) is 0 Å². The Morgan fingerprint density at radius 3 is 2.24 bits per heavy atom. The number of rotatable bonds is 7. The van der Waals surface area contributed by atoms with E-state index in [0.717, 1.165) is 12.1 Å². The van der Waals surface area contributed by atoms with Gasteiger partial charge >= 0.3 is 12.2 Å². The number of carbonyl (C=O) groups is 3. The third-order valence-electron chi connectivity index (χ3n) is 4.86. The van der Waals surface area contributed by atoms with E-state index in [1.807, 2.05) is 0 Å². The van der Waals surface area contributed by atoms with E-state index in [-0.39, 0.29) is 18.1 Å². The molecule has 2 aromatic rings. The van der Waals surface area contributed by atoms with Crippen molar-refractivity contribution in [2.75, 3.05) is 6.54 Å². The van der Waals surface area contributed by atoms with Gasteiger partial charge in [-0.15, -0.1) is 0 Å². The van der Waals surface area contributed by atoms with Gasteiger partial charge in [0.1, 0.15) is 11.6 Å². The van der Waals surface area contributed by atoms with E-state index in [1.54, 1.807) is 24.5 Å². The van der Waals surface area contributed by atoms with E-state index >= 15 is 0 Å². The smallest absolute Gasteiger partial charge is 0.440 e. The van der Waals surface area contributed by atoms with Crippen LogP contribution in [-0.4, -0.2) is 47.2 Å². The fourth-order valence-corrected chi connectivity index (χ4v) is 3.22. The summed E-state index contributed by atoms with van der Waals surface area (Å²) >= 11 is 0. The lowest BCUT2D eigenvalue weighted by Gasteiger charge is -2.30. The number of hydrogen-bond acceptors (Lipinski definition) is 4. The molecule has 1 aliphatic heterocycles. The van der Waals surface area contributed by atoms with E-state index < -0.39 is 42.0 Å². The van der Waals surface area contributed by atoms with E-state index in [4.69, 9.17) is 4.74 Å². The number of imide groups is 1. The molecule has 0 radical (unpaired) electrons. The maximum Gasteiger partial charge on any atom is 0.440 e. The van der Waals surface area contributed by atoms with Crippen LogP contribution in [0.4, 0.5) is 22.4 Å². The summed E-state index contributed by atoms with van der Waals surface area (Å²) in [5, 5.41) is 3.23. The molecule has 176 valence electrons. The Kier molecular flexibility index (Phi) is 6.61. The second kappa shape index (κ2) is 9.08. The maximum absolute atomic E-state index is 14.0. The molecule has 0 aromatic heterocycles. The van der Waals surface area contributed by atoms with Crippen LogP contribution in [0.2, 0.25) is 0 Å². The second-order valence-electron chi connectivity index (χ2n) is 7.66. The second-order valence-corrected chi connectivity index (χ2v) is 7.66. The van der Waals surface area contributed by atoms with Crippen LogP contribution in [0.15, 0.2) is 48.5 Å². The number of halogens is 4. The molecule has 0 aliphatic carbocycles. The molecule has 11 heteroatoms. The predicted molar refractivity (Wildman–Crippen MR) is 109 cm³/mol. The minimum Gasteiger partial charge on any atom is -0.491 e. The Hall–Kier alpha value is -3.63. The van der Waals surface area contributed by atoms with Gasteiger partial charge in [0.2, 0.25) is 0 Å². The SMILES string of the molecule is CC(C)Oc1ccc(C(=O)N[C@]2(C(F)(F)F)NC(=O)N(CCc3ccc(F)cc3)C2=O)cc1. The van der Waals surface area contributed by atoms with Crippen LogP contribution < -0.4 is 15.4 Å². The topological polar surface area (TPSA) is 87.7 Å². The highest BCUT2D eigenvalue weighted by Crippen LogP contribution is 2.34. The van der Waals surface area contributed by atoms with Gasteiger partial charge in [-0.05, 0) is 62.2 Å².